The number of alkyl carbamates (subject to hydrolysis) is 1. The number of thiophene rings is 1. The molecule has 1 heterocycles. The maximum absolute atomic E-state index is 12.1. The molecule has 0 saturated heterocycles. The fourth-order valence-electron chi connectivity index (χ4n) is 2.02. The zero-order valence-electron chi connectivity index (χ0n) is 16.1. The van der Waals surface area contributed by atoms with Crippen LogP contribution in [0.25, 0.3) is 6.08 Å². The number of hydrogen-bond acceptors (Lipinski definition) is 6. The SMILES string of the molecule is CC(C)(C)OC(=O)/N=C(\N=C1\C=Cc2sc(O)cc21)NC(=O)OC(C)(C)C. The molecule has 1 aromatic heterocycles. The lowest BCUT2D eigenvalue weighted by atomic mass is 10.2. The molecular formula is C18H23N3O5S. The van der Waals surface area contributed by atoms with Gasteiger partial charge in [0.2, 0.25) is 5.96 Å². The summed E-state index contributed by atoms with van der Waals surface area (Å²) < 4.78 is 10.3. The molecule has 2 amide bonds. The highest BCUT2D eigenvalue weighted by molar-refractivity contribution is 7.15. The number of guanidine groups is 1. The molecule has 0 aliphatic heterocycles. The Kier molecular flexibility index (Phi) is 5.74. The summed E-state index contributed by atoms with van der Waals surface area (Å²) in [6.45, 7) is 10.2. The highest BCUT2D eigenvalue weighted by Crippen LogP contribution is 2.33. The van der Waals surface area contributed by atoms with E-state index in [1.54, 1.807) is 59.8 Å². The first-order valence-corrected chi connectivity index (χ1v) is 9.06. The van der Waals surface area contributed by atoms with Crippen molar-refractivity contribution < 1.29 is 24.2 Å². The molecule has 2 N–H and O–H groups in total. The zero-order valence-corrected chi connectivity index (χ0v) is 16.9. The van der Waals surface area contributed by atoms with E-state index in [1.165, 1.54) is 11.3 Å². The monoisotopic (exact) mass is 393 g/mol. The number of allylic oxidation sites excluding steroid dienone is 1. The van der Waals surface area contributed by atoms with E-state index in [-0.39, 0.29) is 11.0 Å². The van der Waals surface area contributed by atoms with Gasteiger partial charge in [0.25, 0.3) is 0 Å². The number of rotatable bonds is 0. The fraction of sp³-hybridized carbons (Fsp3) is 0.444. The molecule has 9 heteroatoms. The number of fused-ring (bicyclic) bond motifs is 1. The minimum Gasteiger partial charge on any atom is -0.499 e. The van der Waals surface area contributed by atoms with Crippen molar-refractivity contribution in [1.82, 2.24) is 5.32 Å². The molecule has 1 aliphatic rings. The number of carbonyl (C=O) groups is 2. The zero-order chi connectivity index (χ0) is 20.4. The molecular weight excluding hydrogens is 370 g/mol. The highest BCUT2D eigenvalue weighted by atomic mass is 32.1. The minimum atomic E-state index is -0.895. The van der Waals surface area contributed by atoms with Crippen LogP contribution >= 0.6 is 11.3 Å². The molecule has 0 saturated carbocycles. The summed E-state index contributed by atoms with van der Waals surface area (Å²) in [5.74, 6) is -0.267. The van der Waals surface area contributed by atoms with E-state index in [1.807, 2.05) is 0 Å². The second-order valence-corrected chi connectivity index (χ2v) is 8.80. The van der Waals surface area contributed by atoms with Crippen LogP contribution in [0.2, 0.25) is 0 Å². The second-order valence-electron chi connectivity index (χ2n) is 7.74. The molecule has 0 unspecified atom stereocenters. The number of nitrogens with one attached hydrogen (secondary N) is 1. The summed E-state index contributed by atoms with van der Waals surface area (Å²) in [6.07, 6.45) is 1.77. The van der Waals surface area contributed by atoms with Crippen molar-refractivity contribution in [3.8, 4) is 5.06 Å². The van der Waals surface area contributed by atoms with Crippen molar-refractivity contribution >= 4 is 41.3 Å². The van der Waals surface area contributed by atoms with Gasteiger partial charge in [-0.05, 0) is 53.7 Å². The van der Waals surface area contributed by atoms with Crippen LogP contribution in [0.4, 0.5) is 9.59 Å². The van der Waals surface area contributed by atoms with Gasteiger partial charge >= 0.3 is 12.2 Å². The van der Waals surface area contributed by atoms with Gasteiger partial charge in [-0.25, -0.2) is 14.6 Å². The highest BCUT2D eigenvalue weighted by Gasteiger charge is 2.22. The van der Waals surface area contributed by atoms with Crippen LogP contribution in [-0.4, -0.2) is 40.2 Å². The molecule has 0 fully saturated rings. The quantitative estimate of drug-likeness (QED) is 0.510. The van der Waals surface area contributed by atoms with E-state index < -0.39 is 23.4 Å². The molecule has 27 heavy (non-hydrogen) atoms. The predicted octanol–water partition coefficient (Wildman–Crippen LogP) is 4.09. The first-order valence-electron chi connectivity index (χ1n) is 8.24. The lowest BCUT2D eigenvalue weighted by Crippen LogP contribution is -2.36. The van der Waals surface area contributed by atoms with Crippen molar-refractivity contribution in [2.75, 3.05) is 0 Å². The number of aliphatic imine (C=N–C) groups is 2. The standard InChI is InChI=1S/C18H23N3O5S/c1-17(2,3)25-15(23)20-14(21-16(24)26-18(4,5)6)19-11-7-8-12-10(11)9-13(22)27-12/h7-9,22H,1-6H3,(H,20,21,23,24)/b19-11-. The Morgan fingerprint density at radius 3 is 2.30 bits per heavy atom. The van der Waals surface area contributed by atoms with E-state index >= 15 is 0 Å². The van der Waals surface area contributed by atoms with Gasteiger partial charge in [0.15, 0.2) is 5.06 Å². The van der Waals surface area contributed by atoms with Gasteiger partial charge in [-0.2, -0.15) is 0 Å². The Bertz CT molecular complexity index is 838. The van der Waals surface area contributed by atoms with E-state index in [4.69, 9.17) is 9.47 Å². The lowest BCUT2D eigenvalue weighted by Gasteiger charge is -2.20. The van der Waals surface area contributed by atoms with Gasteiger partial charge in [0.05, 0.1) is 5.71 Å². The Hall–Kier alpha value is -2.68. The Balaban J connectivity index is 2.30. The van der Waals surface area contributed by atoms with Gasteiger partial charge in [0.1, 0.15) is 11.2 Å². The average Bonchev–Trinajstić information content (AvgIpc) is 2.94. The van der Waals surface area contributed by atoms with E-state index in [0.717, 1.165) is 4.88 Å². The number of aromatic hydroxyl groups is 1. The smallest absolute Gasteiger partial charge is 0.437 e. The van der Waals surface area contributed by atoms with Gasteiger partial charge < -0.3 is 14.6 Å². The number of nitrogens with zero attached hydrogens (tertiary/aromatic N) is 2. The summed E-state index contributed by atoms with van der Waals surface area (Å²) in [6, 6.07) is 1.55. The fourth-order valence-corrected chi connectivity index (χ4v) is 2.83. The van der Waals surface area contributed by atoms with Crippen LogP contribution in [0.1, 0.15) is 52.0 Å². The first-order chi connectivity index (χ1) is 12.3. The Morgan fingerprint density at radius 1 is 1.07 bits per heavy atom. The number of ether oxygens (including phenoxy) is 2. The van der Waals surface area contributed by atoms with Crippen molar-refractivity contribution in [2.45, 2.75) is 52.7 Å². The van der Waals surface area contributed by atoms with Crippen LogP contribution in [0.5, 0.6) is 5.06 Å². The summed E-state index contributed by atoms with van der Waals surface area (Å²) in [5.41, 5.74) is -0.349. The van der Waals surface area contributed by atoms with Crippen LogP contribution in [0.3, 0.4) is 0 Å². The lowest BCUT2D eigenvalue weighted by molar-refractivity contribution is 0.0562. The third-order valence-corrected chi connectivity index (χ3v) is 3.75. The van der Waals surface area contributed by atoms with Crippen molar-refractivity contribution in [3.63, 3.8) is 0 Å². The molecule has 0 spiro atoms. The number of carbonyl (C=O) groups excluding carboxylic acids is 2. The summed E-state index contributed by atoms with van der Waals surface area (Å²) >= 11 is 1.20. The topological polar surface area (TPSA) is 110 Å². The largest absolute Gasteiger partial charge is 0.499 e. The van der Waals surface area contributed by atoms with E-state index in [9.17, 15) is 14.7 Å². The molecule has 8 nitrogen and oxygen atoms in total. The number of amides is 2. The molecule has 1 aromatic rings. The molecule has 2 rings (SSSR count). The maximum atomic E-state index is 12.1. The number of hydrogen-bond donors (Lipinski definition) is 2. The minimum absolute atomic E-state index is 0.141. The van der Waals surface area contributed by atoms with E-state index in [0.29, 0.717) is 11.3 Å². The third-order valence-electron chi connectivity index (χ3n) is 2.85. The third kappa shape index (κ3) is 6.52. The predicted molar refractivity (Wildman–Crippen MR) is 105 cm³/mol. The molecule has 1 aliphatic carbocycles. The average molecular weight is 393 g/mol. The maximum Gasteiger partial charge on any atom is 0.437 e. The van der Waals surface area contributed by atoms with Crippen molar-refractivity contribution in [1.29, 1.82) is 0 Å². The van der Waals surface area contributed by atoms with Crippen LogP contribution in [-0.2, 0) is 9.47 Å². The van der Waals surface area contributed by atoms with Crippen molar-refractivity contribution in [3.05, 3.63) is 22.6 Å². The van der Waals surface area contributed by atoms with Crippen LogP contribution in [0, 0.1) is 0 Å². The molecule has 0 bridgehead atoms. The molecule has 0 atom stereocenters. The first kappa shape index (κ1) is 20.6. The van der Waals surface area contributed by atoms with Gasteiger partial charge in [-0.1, -0.05) is 11.3 Å². The van der Waals surface area contributed by atoms with Gasteiger partial charge in [0, 0.05) is 16.5 Å². The summed E-state index contributed by atoms with van der Waals surface area (Å²) in [4.78, 5) is 32.9. The Labute approximate surface area is 161 Å². The normalized spacial score (nSPS) is 15.6. The van der Waals surface area contributed by atoms with E-state index in [2.05, 4.69) is 15.3 Å². The van der Waals surface area contributed by atoms with Gasteiger partial charge in [-0.3, -0.25) is 5.32 Å². The van der Waals surface area contributed by atoms with Gasteiger partial charge in [-0.15, -0.1) is 4.99 Å². The second kappa shape index (κ2) is 7.51. The molecule has 0 aromatic carbocycles. The molecule has 146 valence electrons. The molecule has 0 radical (unpaired) electrons. The Morgan fingerprint density at radius 2 is 1.70 bits per heavy atom. The summed E-state index contributed by atoms with van der Waals surface area (Å²) in [5, 5.41) is 12.1. The van der Waals surface area contributed by atoms with Crippen LogP contribution in [0.15, 0.2) is 22.1 Å². The van der Waals surface area contributed by atoms with Crippen molar-refractivity contribution in [2.24, 2.45) is 9.98 Å². The summed E-state index contributed by atoms with van der Waals surface area (Å²) in [7, 11) is 0. The van der Waals surface area contributed by atoms with Crippen LogP contribution < -0.4 is 5.32 Å².